The van der Waals surface area contributed by atoms with Gasteiger partial charge in [-0.25, -0.2) is 0 Å². The Morgan fingerprint density at radius 3 is 2.56 bits per heavy atom. The first-order valence-corrected chi connectivity index (χ1v) is 9.62. The van der Waals surface area contributed by atoms with Crippen molar-refractivity contribution < 1.29 is 4.79 Å². The average Bonchev–Trinajstić information content (AvgIpc) is 2.96. The van der Waals surface area contributed by atoms with Crippen molar-refractivity contribution in [1.29, 1.82) is 5.26 Å². The molecule has 0 unspecified atom stereocenters. The largest absolute Gasteiger partial charge is 0.339 e. The van der Waals surface area contributed by atoms with Gasteiger partial charge in [0.1, 0.15) is 0 Å². The second kappa shape index (κ2) is 7.80. The summed E-state index contributed by atoms with van der Waals surface area (Å²) < 4.78 is 2.25. The van der Waals surface area contributed by atoms with Gasteiger partial charge in [0.2, 0.25) is 0 Å². The predicted octanol–water partition coefficient (Wildman–Crippen LogP) is 5.66. The highest BCUT2D eigenvalue weighted by Gasteiger charge is 2.25. The highest BCUT2D eigenvalue weighted by molar-refractivity contribution is 6.11. The molecule has 3 rings (SSSR count). The predicted molar refractivity (Wildman–Crippen MR) is 110 cm³/mol. The van der Waals surface area contributed by atoms with Crippen LogP contribution >= 0.6 is 0 Å². The number of nitrogens with zero attached hydrogens (tertiary/aromatic N) is 2. The lowest BCUT2D eigenvalue weighted by atomic mass is 9.95. The van der Waals surface area contributed by atoms with E-state index in [0.717, 1.165) is 46.1 Å². The monoisotopic (exact) mass is 358 g/mol. The Balaban J connectivity index is 2.32. The first kappa shape index (κ1) is 18.9. The molecule has 3 heteroatoms. The Morgan fingerprint density at radius 1 is 1.15 bits per heavy atom. The summed E-state index contributed by atoms with van der Waals surface area (Å²) in [6.45, 7) is 8.74. The lowest BCUT2D eigenvalue weighted by molar-refractivity contribution is 0.0939. The van der Waals surface area contributed by atoms with Crippen LogP contribution in [0.4, 0.5) is 0 Å². The Morgan fingerprint density at radius 2 is 1.89 bits per heavy atom. The molecule has 1 aromatic heterocycles. The van der Waals surface area contributed by atoms with Crippen LogP contribution in [0, 0.1) is 24.2 Å². The number of benzene rings is 2. The van der Waals surface area contributed by atoms with E-state index in [4.69, 9.17) is 0 Å². The summed E-state index contributed by atoms with van der Waals surface area (Å²) in [6, 6.07) is 16.2. The number of aryl methyl sites for hydroxylation is 1. The number of aromatic nitrogens is 1. The molecule has 138 valence electrons. The molecule has 0 aliphatic rings. The zero-order chi connectivity index (χ0) is 19.6. The number of carbonyl (C=O) groups excluding carboxylic acids is 1. The zero-order valence-corrected chi connectivity index (χ0v) is 16.5. The fourth-order valence-electron chi connectivity index (χ4n) is 3.80. The topological polar surface area (TPSA) is 45.8 Å². The van der Waals surface area contributed by atoms with Crippen LogP contribution in [-0.2, 0) is 13.0 Å². The molecule has 0 saturated carbocycles. The molecule has 0 bridgehead atoms. The highest BCUT2D eigenvalue weighted by Crippen LogP contribution is 2.33. The van der Waals surface area contributed by atoms with Gasteiger partial charge in [-0.2, -0.15) is 5.26 Å². The quantitative estimate of drug-likeness (QED) is 0.534. The Bertz CT molecular complexity index is 1030. The number of nitriles is 1. The van der Waals surface area contributed by atoms with E-state index in [1.54, 1.807) is 0 Å². The summed E-state index contributed by atoms with van der Waals surface area (Å²) in [5.74, 6) is 0.149. The Kier molecular flexibility index (Phi) is 5.46. The maximum absolute atomic E-state index is 13.1. The average molecular weight is 358 g/mol. The number of ketones is 1. The smallest absolute Gasteiger partial charge is 0.167 e. The molecule has 3 aromatic rings. The molecule has 3 nitrogen and oxygen atoms in total. The molecule has 27 heavy (non-hydrogen) atoms. The molecule has 0 saturated heterocycles. The fourth-order valence-corrected chi connectivity index (χ4v) is 3.80. The van der Waals surface area contributed by atoms with Gasteiger partial charge in [0.15, 0.2) is 5.78 Å². The van der Waals surface area contributed by atoms with Gasteiger partial charge in [0.05, 0.1) is 11.6 Å². The minimum Gasteiger partial charge on any atom is -0.339 e. The van der Waals surface area contributed by atoms with Crippen molar-refractivity contribution in [3.05, 3.63) is 70.4 Å². The van der Waals surface area contributed by atoms with Gasteiger partial charge in [0.25, 0.3) is 0 Å². The van der Waals surface area contributed by atoms with Gasteiger partial charge in [-0.15, -0.1) is 0 Å². The number of hydrogen-bond acceptors (Lipinski definition) is 2. The normalized spacial score (nSPS) is 11.1. The maximum atomic E-state index is 13.1. The van der Waals surface area contributed by atoms with Crippen molar-refractivity contribution in [2.75, 3.05) is 0 Å². The summed E-state index contributed by atoms with van der Waals surface area (Å²) in [5, 5.41) is 10.5. The Labute approximate surface area is 161 Å². The van der Waals surface area contributed by atoms with Crippen LogP contribution in [0.25, 0.3) is 10.9 Å². The van der Waals surface area contributed by atoms with Crippen LogP contribution in [0.5, 0.6) is 0 Å². The second-order valence-electron chi connectivity index (χ2n) is 7.41. The molecule has 0 aliphatic carbocycles. The molecule has 0 radical (unpaired) electrons. The van der Waals surface area contributed by atoms with Crippen LogP contribution in [0.3, 0.4) is 0 Å². The van der Waals surface area contributed by atoms with E-state index < -0.39 is 0 Å². The molecule has 0 amide bonds. The number of carbonyl (C=O) groups is 1. The van der Waals surface area contributed by atoms with Gasteiger partial charge in [-0.1, -0.05) is 57.5 Å². The van der Waals surface area contributed by atoms with E-state index in [9.17, 15) is 10.1 Å². The summed E-state index contributed by atoms with van der Waals surface area (Å²) in [6.07, 6.45) is 1.81. The molecule has 0 atom stereocenters. The third-order valence-corrected chi connectivity index (χ3v) is 5.13. The van der Waals surface area contributed by atoms with Crippen molar-refractivity contribution in [3.8, 4) is 6.07 Å². The van der Waals surface area contributed by atoms with E-state index >= 15 is 0 Å². The van der Waals surface area contributed by atoms with Gasteiger partial charge >= 0.3 is 0 Å². The van der Waals surface area contributed by atoms with Crippen molar-refractivity contribution >= 4 is 16.7 Å². The molecule has 0 N–H and O–H groups in total. The molecular weight excluding hydrogens is 332 g/mol. The van der Waals surface area contributed by atoms with Crippen molar-refractivity contribution in [3.63, 3.8) is 0 Å². The number of Topliss-reactive ketones (excluding diaryl/α,β-unsaturated/α-hetero) is 1. The number of fused-ring (bicyclic) bond motifs is 1. The van der Waals surface area contributed by atoms with Gasteiger partial charge < -0.3 is 4.57 Å². The Hall–Kier alpha value is -2.86. The van der Waals surface area contributed by atoms with Crippen LogP contribution in [0.2, 0.25) is 0 Å². The first-order chi connectivity index (χ1) is 13.0. The molecular formula is C24H26N2O. The maximum Gasteiger partial charge on any atom is 0.167 e. The molecule has 1 heterocycles. The number of hydrogen-bond donors (Lipinski definition) is 0. The van der Waals surface area contributed by atoms with E-state index in [2.05, 4.69) is 36.6 Å². The van der Waals surface area contributed by atoms with Crippen molar-refractivity contribution in [2.24, 2.45) is 5.92 Å². The minimum absolute atomic E-state index is 0.0503. The molecule has 0 aliphatic heterocycles. The van der Waals surface area contributed by atoms with Crippen LogP contribution < -0.4 is 0 Å². The van der Waals surface area contributed by atoms with Crippen LogP contribution in [-0.4, -0.2) is 10.4 Å². The van der Waals surface area contributed by atoms with Crippen LogP contribution in [0.15, 0.2) is 42.5 Å². The van der Waals surface area contributed by atoms with Gasteiger partial charge in [-0.05, 0) is 36.6 Å². The van der Waals surface area contributed by atoms with Crippen molar-refractivity contribution in [1.82, 2.24) is 4.57 Å². The zero-order valence-electron chi connectivity index (χ0n) is 16.5. The van der Waals surface area contributed by atoms with Gasteiger partial charge in [-0.3, -0.25) is 4.79 Å². The molecule has 0 fully saturated rings. The van der Waals surface area contributed by atoms with E-state index in [1.165, 1.54) is 0 Å². The lowest BCUT2D eigenvalue weighted by Gasteiger charge is -2.13. The standard InChI is InChI=1S/C24H26N2O/c1-5-9-20-23(24(27)16(2)3)22-17(4)10-8-13-21(22)26(20)15-19-12-7-6-11-18(19)14-25/h6-8,10-13,16H,5,9,15H2,1-4H3. The first-order valence-electron chi connectivity index (χ1n) is 9.62. The summed E-state index contributed by atoms with van der Waals surface area (Å²) in [4.78, 5) is 13.1. The third-order valence-electron chi connectivity index (χ3n) is 5.13. The van der Waals surface area contributed by atoms with Crippen molar-refractivity contribution in [2.45, 2.75) is 47.1 Å². The fraction of sp³-hybridized carbons (Fsp3) is 0.333. The SMILES string of the molecule is CCCc1c(C(=O)C(C)C)c2c(C)cccc2n1Cc1ccccc1C#N. The summed E-state index contributed by atoms with van der Waals surface area (Å²) in [5.41, 5.74) is 5.84. The second-order valence-corrected chi connectivity index (χ2v) is 7.41. The van der Waals surface area contributed by atoms with Gasteiger partial charge in [0, 0.05) is 34.6 Å². The number of rotatable bonds is 6. The summed E-state index contributed by atoms with van der Waals surface area (Å²) in [7, 11) is 0. The molecule has 2 aromatic carbocycles. The lowest BCUT2D eigenvalue weighted by Crippen LogP contribution is -2.13. The van der Waals surface area contributed by atoms with E-state index in [1.807, 2.05) is 44.2 Å². The van der Waals surface area contributed by atoms with E-state index in [0.29, 0.717) is 12.1 Å². The molecule has 0 spiro atoms. The third kappa shape index (κ3) is 3.40. The highest BCUT2D eigenvalue weighted by atomic mass is 16.1. The minimum atomic E-state index is -0.0503. The van der Waals surface area contributed by atoms with E-state index in [-0.39, 0.29) is 11.7 Å². The summed E-state index contributed by atoms with van der Waals surface area (Å²) >= 11 is 0. The van der Waals surface area contributed by atoms with Crippen LogP contribution in [0.1, 0.15) is 59.9 Å².